The summed E-state index contributed by atoms with van der Waals surface area (Å²) in [5.74, 6) is 1.80. The van der Waals surface area contributed by atoms with Gasteiger partial charge in [-0.1, -0.05) is 12.1 Å². The number of anilines is 3. The molecule has 0 aromatic carbocycles. The van der Waals surface area contributed by atoms with Crippen molar-refractivity contribution in [3.05, 3.63) is 60.0 Å². The number of carboxylic acids is 1. The molecule has 1 saturated heterocycles. The summed E-state index contributed by atoms with van der Waals surface area (Å²) in [6.45, 7) is 4.79. The average Bonchev–Trinajstić information content (AvgIpc) is 2.81. The van der Waals surface area contributed by atoms with E-state index in [4.69, 9.17) is 4.74 Å². The molecule has 0 spiro atoms. The Hall–Kier alpha value is -3.62. The summed E-state index contributed by atoms with van der Waals surface area (Å²) in [6, 6.07) is 3.48. The highest BCUT2D eigenvalue weighted by Crippen LogP contribution is 2.26. The first-order chi connectivity index (χ1) is 15.8. The van der Waals surface area contributed by atoms with Crippen molar-refractivity contribution in [2.75, 3.05) is 23.3 Å². The number of nitrogens with one attached hydrogen (secondary N) is 1. The van der Waals surface area contributed by atoms with Gasteiger partial charge in [-0.3, -0.25) is 9.78 Å². The lowest BCUT2D eigenvalue weighted by molar-refractivity contribution is -0.142. The summed E-state index contributed by atoms with van der Waals surface area (Å²) in [4.78, 5) is 26.9. The van der Waals surface area contributed by atoms with E-state index in [1.54, 1.807) is 44.6 Å². The van der Waals surface area contributed by atoms with Crippen LogP contribution in [0.3, 0.4) is 0 Å². The molecule has 1 aliphatic carbocycles. The van der Waals surface area contributed by atoms with Crippen molar-refractivity contribution >= 4 is 23.4 Å². The zero-order chi connectivity index (χ0) is 23.4. The maximum Gasteiger partial charge on any atom is 0.313 e. The van der Waals surface area contributed by atoms with Crippen molar-refractivity contribution < 1.29 is 19.7 Å². The molecule has 1 aliphatic heterocycles. The van der Waals surface area contributed by atoms with Gasteiger partial charge in [0.15, 0.2) is 11.6 Å². The number of carboxylic acid groups (broad SMARTS) is 1. The molecule has 1 atom stereocenters. The highest BCUT2D eigenvalue weighted by atomic mass is 16.5. The molecule has 9 heteroatoms. The van der Waals surface area contributed by atoms with Gasteiger partial charge in [0.25, 0.3) is 0 Å². The van der Waals surface area contributed by atoms with E-state index in [1.807, 2.05) is 12.2 Å². The lowest BCUT2D eigenvalue weighted by Gasteiger charge is -2.34. The summed E-state index contributed by atoms with van der Waals surface area (Å²) in [7, 11) is 0. The number of carbonyl (C=O) groups is 1. The van der Waals surface area contributed by atoms with Gasteiger partial charge in [-0.05, 0) is 50.8 Å². The molecule has 1 fully saturated rings. The van der Waals surface area contributed by atoms with E-state index < -0.39 is 11.4 Å². The summed E-state index contributed by atoms with van der Waals surface area (Å²) in [6.07, 6.45) is 12.0. The van der Waals surface area contributed by atoms with E-state index in [2.05, 4.69) is 25.2 Å². The van der Waals surface area contributed by atoms with Crippen molar-refractivity contribution in [3.63, 3.8) is 0 Å². The van der Waals surface area contributed by atoms with Crippen LogP contribution in [0.1, 0.15) is 45.1 Å². The van der Waals surface area contributed by atoms with Crippen LogP contribution in [0.2, 0.25) is 0 Å². The SMILES string of the molecule is CC(C)(C(=O)O)c1ccc(Nc2cncc(N3CCCC(OC4=C(O)CCC=C4)C3)n2)nc1. The summed E-state index contributed by atoms with van der Waals surface area (Å²) < 4.78 is 6.06. The van der Waals surface area contributed by atoms with Gasteiger partial charge in [0.2, 0.25) is 0 Å². The first-order valence-electron chi connectivity index (χ1n) is 11.1. The number of rotatable bonds is 7. The van der Waals surface area contributed by atoms with Gasteiger partial charge in [-0.25, -0.2) is 9.97 Å². The molecule has 3 heterocycles. The van der Waals surface area contributed by atoms with E-state index in [-0.39, 0.29) is 6.10 Å². The second kappa shape index (κ2) is 9.48. The Balaban J connectivity index is 1.42. The molecule has 1 unspecified atom stereocenters. The van der Waals surface area contributed by atoms with Gasteiger partial charge in [0, 0.05) is 19.2 Å². The Morgan fingerprint density at radius 3 is 2.82 bits per heavy atom. The summed E-state index contributed by atoms with van der Waals surface area (Å²) >= 11 is 0. The average molecular weight is 452 g/mol. The molecule has 3 N–H and O–H groups in total. The van der Waals surface area contributed by atoms with Crippen LogP contribution in [-0.4, -0.2) is 50.3 Å². The largest absolute Gasteiger partial charge is 0.508 e. The second-order valence-corrected chi connectivity index (χ2v) is 8.83. The van der Waals surface area contributed by atoms with E-state index in [9.17, 15) is 15.0 Å². The zero-order valence-corrected chi connectivity index (χ0v) is 18.9. The van der Waals surface area contributed by atoms with Crippen LogP contribution in [0.25, 0.3) is 0 Å². The van der Waals surface area contributed by atoms with Crippen LogP contribution in [0.5, 0.6) is 0 Å². The van der Waals surface area contributed by atoms with E-state index in [1.165, 1.54) is 0 Å². The quantitative estimate of drug-likeness (QED) is 0.572. The molecule has 9 nitrogen and oxygen atoms in total. The monoisotopic (exact) mass is 451 g/mol. The normalized spacial score (nSPS) is 18.8. The van der Waals surface area contributed by atoms with Gasteiger partial charge in [0.05, 0.1) is 24.4 Å². The van der Waals surface area contributed by atoms with Gasteiger partial charge in [-0.15, -0.1) is 0 Å². The zero-order valence-electron chi connectivity index (χ0n) is 18.9. The first-order valence-corrected chi connectivity index (χ1v) is 11.1. The van der Waals surface area contributed by atoms with Crippen LogP contribution in [0.4, 0.5) is 17.5 Å². The number of piperidine rings is 1. The minimum atomic E-state index is -1.02. The number of aliphatic hydroxyl groups is 1. The maximum absolute atomic E-state index is 11.4. The standard InChI is InChI=1S/C24H29N5O4/c1-24(2,23(31)32)16-9-10-20(26-12-16)27-21-13-25-14-22(28-21)29-11-5-6-17(15-29)33-19-8-4-3-7-18(19)30/h4,8-10,12-14,17,30H,3,5-7,11,15H2,1-2H3,(H,31,32)(H,26,27,28). The topological polar surface area (TPSA) is 121 Å². The number of aliphatic hydroxyl groups excluding tert-OH is 1. The number of aromatic nitrogens is 3. The van der Waals surface area contributed by atoms with Crippen LogP contribution < -0.4 is 10.2 Å². The Morgan fingerprint density at radius 2 is 2.09 bits per heavy atom. The fraction of sp³-hybridized carbons (Fsp3) is 0.417. The molecule has 0 radical (unpaired) electrons. The summed E-state index contributed by atoms with van der Waals surface area (Å²) in [5.41, 5.74) is -0.396. The third-order valence-electron chi connectivity index (χ3n) is 6.00. The predicted octanol–water partition coefficient (Wildman–Crippen LogP) is 4.08. The van der Waals surface area contributed by atoms with Gasteiger partial charge in [-0.2, -0.15) is 0 Å². The minimum Gasteiger partial charge on any atom is -0.508 e. The molecule has 33 heavy (non-hydrogen) atoms. The first kappa shape index (κ1) is 22.6. The molecule has 2 aromatic heterocycles. The van der Waals surface area contributed by atoms with Crippen molar-refractivity contribution in [3.8, 4) is 0 Å². The fourth-order valence-electron chi connectivity index (χ4n) is 3.82. The smallest absolute Gasteiger partial charge is 0.313 e. The van der Waals surface area contributed by atoms with Gasteiger partial charge >= 0.3 is 5.97 Å². The Kier molecular flexibility index (Phi) is 6.48. The second-order valence-electron chi connectivity index (χ2n) is 8.83. The third kappa shape index (κ3) is 5.24. The third-order valence-corrected chi connectivity index (χ3v) is 6.00. The van der Waals surface area contributed by atoms with E-state index in [0.29, 0.717) is 41.7 Å². The number of nitrogens with zero attached hydrogens (tertiary/aromatic N) is 4. The number of hydrogen-bond acceptors (Lipinski definition) is 8. The number of aliphatic carboxylic acids is 1. The van der Waals surface area contributed by atoms with Crippen molar-refractivity contribution in [2.45, 2.75) is 51.0 Å². The number of allylic oxidation sites excluding steroid dienone is 3. The fourth-order valence-corrected chi connectivity index (χ4v) is 3.82. The molecule has 0 bridgehead atoms. The van der Waals surface area contributed by atoms with Crippen molar-refractivity contribution in [2.24, 2.45) is 0 Å². The summed E-state index contributed by atoms with van der Waals surface area (Å²) in [5, 5.41) is 22.6. The highest BCUT2D eigenvalue weighted by molar-refractivity contribution is 5.80. The highest BCUT2D eigenvalue weighted by Gasteiger charge is 2.29. The number of hydrogen-bond donors (Lipinski definition) is 3. The molecular weight excluding hydrogens is 422 g/mol. The Labute approximate surface area is 192 Å². The molecule has 2 aromatic rings. The van der Waals surface area contributed by atoms with Crippen molar-refractivity contribution in [1.29, 1.82) is 0 Å². The van der Waals surface area contributed by atoms with Crippen LogP contribution in [0, 0.1) is 0 Å². The van der Waals surface area contributed by atoms with Crippen LogP contribution >= 0.6 is 0 Å². The van der Waals surface area contributed by atoms with Gasteiger partial charge < -0.3 is 25.2 Å². The van der Waals surface area contributed by atoms with E-state index in [0.717, 1.165) is 31.6 Å². The molecule has 0 amide bonds. The lowest BCUT2D eigenvalue weighted by atomic mass is 9.86. The number of pyridine rings is 1. The molecular formula is C24H29N5O4. The molecule has 4 rings (SSSR count). The van der Waals surface area contributed by atoms with E-state index >= 15 is 0 Å². The molecule has 174 valence electrons. The Bertz CT molecular complexity index is 1060. The van der Waals surface area contributed by atoms with Crippen LogP contribution in [0.15, 0.2) is 54.4 Å². The Morgan fingerprint density at radius 1 is 1.24 bits per heavy atom. The number of ether oxygens (including phenoxy) is 1. The maximum atomic E-state index is 11.4. The predicted molar refractivity (Wildman–Crippen MR) is 125 cm³/mol. The van der Waals surface area contributed by atoms with Crippen molar-refractivity contribution in [1.82, 2.24) is 15.0 Å². The lowest BCUT2D eigenvalue weighted by Crippen LogP contribution is -2.40. The molecule has 0 saturated carbocycles. The van der Waals surface area contributed by atoms with Crippen LogP contribution in [-0.2, 0) is 14.9 Å². The van der Waals surface area contributed by atoms with Gasteiger partial charge in [0.1, 0.15) is 23.5 Å². The molecule has 2 aliphatic rings. The minimum absolute atomic E-state index is 0.0381.